The fraction of sp³-hybridized carbons (Fsp3) is 0.286. The number of ether oxygens (including phenoxy) is 3. The third-order valence-electron chi connectivity index (χ3n) is 4.42. The predicted octanol–water partition coefficient (Wildman–Crippen LogP) is 2.06. The van der Waals surface area contributed by atoms with E-state index in [1.54, 1.807) is 12.1 Å². The smallest absolute Gasteiger partial charge is 0.337 e. The van der Waals surface area contributed by atoms with E-state index >= 15 is 0 Å². The molecule has 11 heteroatoms. The lowest BCUT2D eigenvalue weighted by Crippen LogP contribution is -2.30. The molecule has 0 aliphatic heterocycles. The maximum Gasteiger partial charge on any atom is 0.337 e. The molecule has 1 amide bonds. The minimum absolute atomic E-state index is 0.0601. The van der Waals surface area contributed by atoms with Crippen LogP contribution in [0, 0.1) is 0 Å². The van der Waals surface area contributed by atoms with Crippen LogP contribution in [0.4, 0.5) is 11.4 Å². The second-order valence-corrected chi connectivity index (χ2v) is 8.77. The van der Waals surface area contributed by atoms with Gasteiger partial charge in [0.15, 0.2) is 6.10 Å². The van der Waals surface area contributed by atoms with Gasteiger partial charge in [-0.2, -0.15) is 0 Å². The van der Waals surface area contributed by atoms with Gasteiger partial charge in [0.25, 0.3) is 5.91 Å². The zero-order valence-electron chi connectivity index (χ0n) is 18.2. The van der Waals surface area contributed by atoms with Gasteiger partial charge in [0.1, 0.15) is 5.75 Å². The summed E-state index contributed by atoms with van der Waals surface area (Å²) in [5.74, 6) is -1.57. The Hall–Kier alpha value is -3.60. The van der Waals surface area contributed by atoms with Gasteiger partial charge in [0, 0.05) is 12.7 Å². The first-order valence-corrected chi connectivity index (χ1v) is 11.1. The van der Waals surface area contributed by atoms with Gasteiger partial charge >= 0.3 is 11.9 Å². The van der Waals surface area contributed by atoms with Gasteiger partial charge in [-0.1, -0.05) is 0 Å². The monoisotopic (exact) mass is 464 g/mol. The van der Waals surface area contributed by atoms with Gasteiger partial charge in [-0.3, -0.25) is 9.10 Å². The van der Waals surface area contributed by atoms with Crippen molar-refractivity contribution < 1.29 is 37.0 Å². The van der Waals surface area contributed by atoms with Crippen LogP contribution in [-0.4, -0.2) is 59.9 Å². The normalized spacial score (nSPS) is 11.8. The zero-order chi connectivity index (χ0) is 24.1. The molecule has 0 aromatic heterocycles. The Labute approximate surface area is 186 Å². The zero-order valence-corrected chi connectivity index (χ0v) is 19.1. The van der Waals surface area contributed by atoms with Crippen LogP contribution < -0.4 is 14.4 Å². The van der Waals surface area contributed by atoms with Crippen molar-refractivity contribution in [3.05, 3.63) is 53.6 Å². The highest BCUT2D eigenvalue weighted by Gasteiger charge is 2.19. The van der Waals surface area contributed by atoms with Crippen LogP contribution in [0.25, 0.3) is 0 Å². The Balaban J connectivity index is 2.15. The number of carbonyl (C=O) groups is 3. The summed E-state index contributed by atoms with van der Waals surface area (Å²) in [4.78, 5) is 36.3. The quantitative estimate of drug-likeness (QED) is 0.588. The van der Waals surface area contributed by atoms with Crippen molar-refractivity contribution >= 4 is 39.2 Å². The molecule has 0 unspecified atom stereocenters. The molecule has 0 saturated heterocycles. The molecule has 1 atom stereocenters. The molecule has 10 nitrogen and oxygen atoms in total. The first-order valence-electron chi connectivity index (χ1n) is 9.29. The second-order valence-electron chi connectivity index (χ2n) is 6.76. The summed E-state index contributed by atoms with van der Waals surface area (Å²) in [7, 11) is 0.412. The fourth-order valence-corrected chi connectivity index (χ4v) is 3.10. The van der Waals surface area contributed by atoms with Crippen molar-refractivity contribution in [1.82, 2.24) is 0 Å². The van der Waals surface area contributed by atoms with E-state index in [9.17, 15) is 22.8 Å². The molecular weight excluding hydrogens is 440 g/mol. The van der Waals surface area contributed by atoms with Crippen molar-refractivity contribution in [1.29, 1.82) is 0 Å². The lowest BCUT2D eigenvalue weighted by molar-refractivity contribution is -0.122. The third kappa shape index (κ3) is 6.20. The number of nitrogens with one attached hydrogen (secondary N) is 1. The number of anilines is 2. The standard InChI is InChI=1S/C21H24N2O8S/c1-13(31-18-8-6-17(7-9-18)23(2)32(5,27)28)19(24)22-16-11-14(20(25)29-3)10-15(12-16)21(26)30-4/h6-13H,1-5H3,(H,22,24)/t13-/m1/s1. The predicted molar refractivity (Wildman–Crippen MR) is 118 cm³/mol. The van der Waals surface area contributed by atoms with Crippen molar-refractivity contribution in [2.75, 3.05) is 37.1 Å². The summed E-state index contributed by atoms with van der Waals surface area (Å²) >= 11 is 0. The third-order valence-corrected chi connectivity index (χ3v) is 5.63. The fourth-order valence-electron chi connectivity index (χ4n) is 2.60. The van der Waals surface area contributed by atoms with E-state index in [1.165, 1.54) is 58.5 Å². The van der Waals surface area contributed by atoms with Crippen LogP contribution in [0.3, 0.4) is 0 Å². The van der Waals surface area contributed by atoms with E-state index in [4.69, 9.17) is 4.74 Å². The Kier molecular flexibility index (Phi) is 7.82. The lowest BCUT2D eigenvalue weighted by atomic mass is 10.1. The lowest BCUT2D eigenvalue weighted by Gasteiger charge is -2.18. The minimum Gasteiger partial charge on any atom is -0.481 e. The first kappa shape index (κ1) is 24.7. The molecule has 2 aromatic carbocycles. The molecule has 0 spiro atoms. The van der Waals surface area contributed by atoms with Crippen LogP contribution in [0.15, 0.2) is 42.5 Å². The molecule has 0 aliphatic rings. The van der Waals surface area contributed by atoms with Crippen molar-refractivity contribution in [3.63, 3.8) is 0 Å². The van der Waals surface area contributed by atoms with E-state index < -0.39 is 34.0 Å². The summed E-state index contributed by atoms with van der Waals surface area (Å²) < 4.78 is 39.3. The van der Waals surface area contributed by atoms with E-state index in [-0.39, 0.29) is 16.8 Å². The minimum atomic E-state index is -3.40. The summed E-state index contributed by atoms with van der Waals surface area (Å²) in [6.07, 6.45) is 0.141. The average molecular weight is 464 g/mol. The SMILES string of the molecule is COC(=O)c1cc(NC(=O)[C@@H](C)Oc2ccc(N(C)S(C)(=O)=O)cc2)cc(C(=O)OC)c1. The summed E-state index contributed by atoms with van der Waals surface area (Å²) in [6.45, 7) is 1.51. The van der Waals surface area contributed by atoms with Gasteiger partial charge in [-0.05, 0) is 49.4 Å². The molecule has 0 fully saturated rings. The Morgan fingerprint density at radius 3 is 1.88 bits per heavy atom. The Bertz CT molecular complexity index is 1080. The number of amides is 1. The highest BCUT2D eigenvalue weighted by Crippen LogP contribution is 2.22. The molecular formula is C21H24N2O8S. The van der Waals surface area contributed by atoms with E-state index in [2.05, 4.69) is 14.8 Å². The summed E-state index contributed by atoms with van der Waals surface area (Å²) in [5, 5.41) is 2.58. The molecule has 1 N–H and O–H groups in total. The molecule has 0 radical (unpaired) electrons. The van der Waals surface area contributed by atoms with Gasteiger partial charge in [-0.15, -0.1) is 0 Å². The molecule has 2 rings (SSSR count). The number of hydrogen-bond donors (Lipinski definition) is 1. The molecule has 172 valence electrons. The number of hydrogen-bond acceptors (Lipinski definition) is 8. The highest BCUT2D eigenvalue weighted by molar-refractivity contribution is 7.92. The molecule has 0 heterocycles. The Morgan fingerprint density at radius 1 is 0.938 bits per heavy atom. The van der Waals surface area contributed by atoms with Crippen LogP contribution in [0.2, 0.25) is 0 Å². The molecule has 32 heavy (non-hydrogen) atoms. The number of benzene rings is 2. The number of carbonyl (C=O) groups excluding carboxylic acids is 3. The van der Waals surface area contributed by atoms with Gasteiger partial charge in [0.2, 0.25) is 10.0 Å². The molecule has 0 aliphatic carbocycles. The van der Waals surface area contributed by atoms with Crippen LogP contribution in [0.1, 0.15) is 27.6 Å². The van der Waals surface area contributed by atoms with Crippen LogP contribution in [0.5, 0.6) is 5.75 Å². The number of nitrogens with zero attached hydrogens (tertiary/aromatic N) is 1. The van der Waals surface area contributed by atoms with Gasteiger partial charge in [0.05, 0.1) is 37.3 Å². The largest absolute Gasteiger partial charge is 0.481 e. The number of methoxy groups -OCH3 is 2. The maximum absolute atomic E-state index is 12.6. The molecule has 0 saturated carbocycles. The van der Waals surface area contributed by atoms with Crippen LogP contribution in [-0.2, 0) is 24.3 Å². The van der Waals surface area contributed by atoms with E-state index in [1.807, 2.05) is 0 Å². The first-order chi connectivity index (χ1) is 15.0. The molecule has 2 aromatic rings. The second kappa shape index (κ2) is 10.1. The van der Waals surface area contributed by atoms with Crippen molar-refractivity contribution in [2.24, 2.45) is 0 Å². The maximum atomic E-state index is 12.6. The number of sulfonamides is 1. The average Bonchev–Trinajstić information content (AvgIpc) is 2.76. The molecule has 0 bridgehead atoms. The van der Waals surface area contributed by atoms with Gasteiger partial charge < -0.3 is 19.5 Å². The number of esters is 2. The summed E-state index contributed by atoms with van der Waals surface area (Å²) in [5.41, 5.74) is 0.737. The highest BCUT2D eigenvalue weighted by atomic mass is 32.2. The topological polar surface area (TPSA) is 128 Å². The summed E-state index contributed by atoms with van der Waals surface area (Å²) in [6, 6.07) is 10.2. The van der Waals surface area contributed by atoms with Gasteiger partial charge in [-0.25, -0.2) is 18.0 Å². The van der Waals surface area contributed by atoms with Crippen molar-refractivity contribution in [3.8, 4) is 5.75 Å². The van der Waals surface area contributed by atoms with E-state index in [0.29, 0.717) is 11.4 Å². The van der Waals surface area contributed by atoms with Crippen LogP contribution >= 0.6 is 0 Å². The van der Waals surface area contributed by atoms with E-state index in [0.717, 1.165) is 10.6 Å². The number of rotatable bonds is 8. The Morgan fingerprint density at radius 2 is 1.44 bits per heavy atom. The van der Waals surface area contributed by atoms with Crippen molar-refractivity contribution in [2.45, 2.75) is 13.0 Å².